The number of carbonyl (C=O) groups excluding carboxylic acids is 2. The number of benzene rings is 1. The summed E-state index contributed by atoms with van der Waals surface area (Å²) in [7, 11) is -3.13. The van der Waals surface area contributed by atoms with Crippen molar-refractivity contribution in [2.24, 2.45) is 5.92 Å². The number of nitrogens with one attached hydrogen (secondary N) is 2. The molecule has 1 amide bonds. The maximum Gasteiger partial charge on any atom is 0.411 e. The van der Waals surface area contributed by atoms with Crippen LogP contribution in [-0.2, 0) is 19.6 Å². The summed E-state index contributed by atoms with van der Waals surface area (Å²) in [6.07, 6.45) is -7.21. The van der Waals surface area contributed by atoms with E-state index in [0.29, 0.717) is 0 Å². The molecule has 0 saturated heterocycles. The molecule has 1 rings (SSSR count). The van der Waals surface area contributed by atoms with Crippen molar-refractivity contribution < 1.29 is 41.0 Å². The summed E-state index contributed by atoms with van der Waals surface area (Å²) < 4.78 is 68.9. The third-order valence-corrected chi connectivity index (χ3v) is 4.72. The normalized spacial score (nSPS) is 13.1. The van der Waals surface area contributed by atoms with E-state index in [2.05, 4.69) is 10.1 Å². The molecule has 0 aliphatic carbocycles. The summed E-state index contributed by atoms with van der Waals surface area (Å²) in [5.74, 6) is -3.83. The van der Waals surface area contributed by atoms with E-state index in [0.717, 1.165) is 19.2 Å². The van der Waals surface area contributed by atoms with E-state index >= 15 is 0 Å². The number of methoxy groups -OCH3 is 1. The van der Waals surface area contributed by atoms with Crippen LogP contribution < -0.4 is 15.1 Å². The SMILES string of the molecule is COC(=O)Nc1ccc(S(=O)(=O)NC[C@H](CCC(=O)[O-])C(F)(F)F)cc1. The molecule has 12 heteroatoms. The highest BCUT2D eigenvalue weighted by Crippen LogP contribution is 2.29. The predicted molar refractivity (Wildman–Crippen MR) is 81.4 cm³/mol. The Balaban J connectivity index is 2.80. The Kier molecular flexibility index (Phi) is 7.39. The molecule has 0 aliphatic heterocycles. The molecule has 146 valence electrons. The fourth-order valence-corrected chi connectivity index (χ4v) is 2.94. The molecule has 2 N–H and O–H groups in total. The number of carbonyl (C=O) groups is 2. The lowest BCUT2D eigenvalue weighted by molar-refractivity contribution is -0.306. The molecule has 0 heterocycles. The van der Waals surface area contributed by atoms with Gasteiger partial charge in [0.15, 0.2) is 0 Å². The van der Waals surface area contributed by atoms with Gasteiger partial charge in [-0.15, -0.1) is 0 Å². The molecule has 0 radical (unpaired) electrons. The fraction of sp³-hybridized carbons (Fsp3) is 0.429. The molecule has 0 fully saturated rings. The molecule has 0 unspecified atom stereocenters. The number of carboxylic acid groups (broad SMARTS) is 1. The Morgan fingerprint density at radius 2 is 1.81 bits per heavy atom. The largest absolute Gasteiger partial charge is 0.550 e. The van der Waals surface area contributed by atoms with E-state index in [1.165, 1.54) is 12.1 Å². The lowest BCUT2D eigenvalue weighted by Gasteiger charge is -2.21. The molecule has 0 spiro atoms. The minimum Gasteiger partial charge on any atom is -0.550 e. The van der Waals surface area contributed by atoms with Gasteiger partial charge in [0.25, 0.3) is 0 Å². The van der Waals surface area contributed by atoms with E-state index in [9.17, 15) is 36.3 Å². The van der Waals surface area contributed by atoms with Crippen molar-refractivity contribution in [2.45, 2.75) is 23.9 Å². The van der Waals surface area contributed by atoms with Gasteiger partial charge in [0.1, 0.15) is 0 Å². The van der Waals surface area contributed by atoms with Crippen molar-refractivity contribution in [3.63, 3.8) is 0 Å². The Labute approximate surface area is 147 Å². The van der Waals surface area contributed by atoms with Gasteiger partial charge in [-0.2, -0.15) is 13.2 Å². The van der Waals surface area contributed by atoms with Crippen molar-refractivity contribution >= 4 is 27.8 Å². The molecular weight excluding hydrogens is 381 g/mol. The van der Waals surface area contributed by atoms with Gasteiger partial charge in [0.05, 0.1) is 17.9 Å². The van der Waals surface area contributed by atoms with Crippen molar-refractivity contribution in [1.29, 1.82) is 0 Å². The van der Waals surface area contributed by atoms with Crippen LogP contribution in [0.5, 0.6) is 0 Å². The molecule has 1 aromatic rings. The average molecular weight is 397 g/mol. The summed E-state index contributed by atoms with van der Waals surface area (Å²) in [5, 5.41) is 12.6. The van der Waals surface area contributed by atoms with Crippen LogP contribution in [0.15, 0.2) is 29.2 Å². The van der Waals surface area contributed by atoms with Crippen LogP contribution in [0.1, 0.15) is 12.8 Å². The lowest BCUT2D eigenvalue weighted by atomic mass is 10.0. The number of hydrogen-bond donors (Lipinski definition) is 2. The molecule has 0 bridgehead atoms. The highest BCUT2D eigenvalue weighted by atomic mass is 32.2. The van der Waals surface area contributed by atoms with Crippen molar-refractivity contribution in [3.8, 4) is 0 Å². The third kappa shape index (κ3) is 6.88. The predicted octanol–water partition coefficient (Wildman–Crippen LogP) is 0.852. The van der Waals surface area contributed by atoms with Gasteiger partial charge in [-0.3, -0.25) is 5.32 Å². The molecular formula is C14H16F3N2O6S-. The molecule has 0 aliphatic rings. The van der Waals surface area contributed by atoms with Gasteiger partial charge >= 0.3 is 12.3 Å². The number of halogens is 3. The number of amides is 1. The van der Waals surface area contributed by atoms with Gasteiger partial charge in [-0.05, 0) is 37.1 Å². The van der Waals surface area contributed by atoms with Gasteiger partial charge < -0.3 is 14.6 Å². The van der Waals surface area contributed by atoms with Crippen molar-refractivity contribution in [2.75, 3.05) is 19.0 Å². The number of rotatable bonds is 8. The van der Waals surface area contributed by atoms with E-state index in [1.807, 2.05) is 0 Å². The van der Waals surface area contributed by atoms with Crippen LogP contribution in [0, 0.1) is 5.92 Å². The van der Waals surface area contributed by atoms with Crippen molar-refractivity contribution in [3.05, 3.63) is 24.3 Å². The summed E-state index contributed by atoms with van der Waals surface area (Å²) in [4.78, 5) is 21.0. The first-order valence-electron chi connectivity index (χ1n) is 7.17. The number of carboxylic acids is 1. The standard InChI is InChI=1S/C14H17F3N2O6S/c1-25-13(22)19-10-3-5-11(6-4-10)26(23,24)18-8-9(14(15,16)17)2-7-12(20)21/h3-6,9,18H,2,7-8H2,1H3,(H,19,22)(H,20,21)/p-1/t9-/m0/s1. The number of sulfonamides is 1. The fourth-order valence-electron chi connectivity index (χ4n) is 1.85. The topological polar surface area (TPSA) is 125 Å². The number of anilines is 1. The van der Waals surface area contributed by atoms with Crippen LogP contribution in [-0.4, -0.2) is 40.3 Å². The first-order chi connectivity index (χ1) is 12.0. The summed E-state index contributed by atoms with van der Waals surface area (Å²) in [6.45, 7) is -1.01. The first kappa shape index (κ1) is 21.7. The molecule has 0 saturated carbocycles. The molecule has 26 heavy (non-hydrogen) atoms. The Morgan fingerprint density at radius 1 is 1.23 bits per heavy atom. The van der Waals surface area contributed by atoms with Gasteiger partial charge in [0.2, 0.25) is 10.0 Å². The second-order valence-corrected chi connectivity index (χ2v) is 6.91. The highest BCUT2D eigenvalue weighted by molar-refractivity contribution is 7.89. The Bertz CT molecular complexity index is 734. The average Bonchev–Trinajstić information content (AvgIpc) is 2.53. The van der Waals surface area contributed by atoms with Crippen LogP contribution in [0.4, 0.5) is 23.7 Å². The minimum atomic E-state index is -4.77. The second kappa shape index (κ2) is 8.85. The number of hydrogen-bond acceptors (Lipinski definition) is 6. The summed E-state index contributed by atoms with van der Waals surface area (Å²) >= 11 is 0. The Hall–Kier alpha value is -2.34. The molecule has 8 nitrogen and oxygen atoms in total. The van der Waals surface area contributed by atoms with Crippen LogP contribution in [0.3, 0.4) is 0 Å². The van der Waals surface area contributed by atoms with Gasteiger partial charge in [0, 0.05) is 18.2 Å². The van der Waals surface area contributed by atoms with E-state index in [-0.39, 0.29) is 10.6 Å². The van der Waals surface area contributed by atoms with Crippen LogP contribution in [0.2, 0.25) is 0 Å². The zero-order valence-electron chi connectivity index (χ0n) is 13.5. The minimum absolute atomic E-state index is 0.220. The van der Waals surface area contributed by atoms with E-state index < -0.39 is 53.6 Å². The quantitative estimate of drug-likeness (QED) is 0.670. The zero-order valence-corrected chi connectivity index (χ0v) is 14.3. The van der Waals surface area contributed by atoms with Gasteiger partial charge in [-0.25, -0.2) is 17.9 Å². The monoisotopic (exact) mass is 397 g/mol. The van der Waals surface area contributed by atoms with Crippen molar-refractivity contribution in [1.82, 2.24) is 4.72 Å². The maximum absolute atomic E-state index is 12.9. The maximum atomic E-state index is 12.9. The zero-order chi connectivity index (χ0) is 20.0. The number of aliphatic carboxylic acids is 1. The van der Waals surface area contributed by atoms with Crippen LogP contribution >= 0.6 is 0 Å². The lowest BCUT2D eigenvalue weighted by Crippen LogP contribution is -2.37. The molecule has 0 aromatic heterocycles. The number of ether oxygens (including phenoxy) is 1. The van der Waals surface area contributed by atoms with Crippen LogP contribution in [0.25, 0.3) is 0 Å². The highest BCUT2D eigenvalue weighted by Gasteiger charge is 2.39. The number of alkyl halides is 3. The van der Waals surface area contributed by atoms with E-state index in [1.54, 1.807) is 4.72 Å². The van der Waals surface area contributed by atoms with Gasteiger partial charge in [-0.1, -0.05) is 0 Å². The Morgan fingerprint density at radius 3 is 2.27 bits per heavy atom. The summed E-state index contributed by atoms with van der Waals surface area (Å²) in [5.41, 5.74) is 0.220. The first-order valence-corrected chi connectivity index (χ1v) is 8.65. The molecule has 1 aromatic carbocycles. The third-order valence-electron chi connectivity index (χ3n) is 3.28. The smallest absolute Gasteiger partial charge is 0.411 e. The second-order valence-electron chi connectivity index (χ2n) is 5.14. The summed E-state index contributed by atoms with van der Waals surface area (Å²) in [6, 6.07) is 4.61. The molecule has 1 atom stereocenters. The van der Waals surface area contributed by atoms with E-state index in [4.69, 9.17) is 0 Å².